The summed E-state index contributed by atoms with van der Waals surface area (Å²) < 4.78 is 38.7. The third kappa shape index (κ3) is 2.69. The van der Waals surface area contributed by atoms with Gasteiger partial charge in [0, 0.05) is 11.1 Å². The Balaban J connectivity index is 2.61. The van der Waals surface area contributed by atoms with Crippen molar-refractivity contribution in [3.05, 3.63) is 58.7 Å². The van der Waals surface area contributed by atoms with Crippen molar-refractivity contribution in [1.29, 1.82) is 0 Å². The Hall–Kier alpha value is -2.14. The van der Waals surface area contributed by atoms with Crippen molar-refractivity contribution in [2.75, 3.05) is 14.2 Å². The van der Waals surface area contributed by atoms with Gasteiger partial charge in [0.15, 0.2) is 11.5 Å². The summed E-state index contributed by atoms with van der Waals surface area (Å²) in [6, 6.07) is 6.65. The number of methoxy groups -OCH3 is 2. The Bertz CT molecular complexity index is 659. The standard InChI is InChI=1S/C16H17F2NO2/c1-9-7-8-11(17)13(14(9)18)15(19)10-5-4-6-12(20-2)16(10)21-3/h4-8,15H,19H2,1-3H3. The molecule has 2 rings (SSSR count). The van der Waals surface area contributed by atoms with Crippen LogP contribution in [0.3, 0.4) is 0 Å². The number of hydrogen-bond donors (Lipinski definition) is 1. The molecule has 2 aromatic rings. The third-order valence-corrected chi connectivity index (χ3v) is 3.40. The third-order valence-electron chi connectivity index (χ3n) is 3.40. The van der Waals surface area contributed by atoms with E-state index in [0.717, 1.165) is 0 Å². The van der Waals surface area contributed by atoms with E-state index in [1.54, 1.807) is 25.1 Å². The Kier molecular flexibility index (Phi) is 4.43. The van der Waals surface area contributed by atoms with Crippen LogP contribution >= 0.6 is 0 Å². The van der Waals surface area contributed by atoms with Crippen molar-refractivity contribution < 1.29 is 18.3 Å². The van der Waals surface area contributed by atoms with Crippen molar-refractivity contribution in [3.63, 3.8) is 0 Å². The van der Waals surface area contributed by atoms with Crippen LogP contribution < -0.4 is 15.2 Å². The molecule has 0 fully saturated rings. The molecule has 0 amide bonds. The number of rotatable bonds is 4. The van der Waals surface area contributed by atoms with Crippen LogP contribution in [0, 0.1) is 18.6 Å². The molecule has 0 saturated heterocycles. The molecule has 3 nitrogen and oxygen atoms in total. The van der Waals surface area contributed by atoms with Crippen LogP contribution in [0.15, 0.2) is 30.3 Å². The summed E-state index contributed by atoms with van der Waals surface area (Å²) in [6.07, 6.45) is 0. The van der Waals surface area contributed by atoms with E-state index >= 15 is 0 Å². The van der Waals surface area contributed by atoms with Crippen molar-refractivity contribution in [1.82, 2.24) is 0 Å². The molecule has 1 atom stereocenters. The first-order valence-electron chi connectivity index (χ1n) is 6.42. The zero-order chi connectivity index (χ0) is 15.6. The number of nitrogens with two attached hydrogens (primary N) is 1. The van der Waals surface area contributed by atoms with Gasteiger partial charge in [-0.15, -0.1) is 0 Å². The van der Waals surface area contributed by atoms with Gasteiger partial charge >= 0.3 is 0 Å². The molecule has 0 spiro atoms. The summed E-state index contributed by atoms with van der Waals surface area (Å²) in [5.74, 6) is -0.505. The molecule has 0 aromatic heterocycles. The zero-order valence-corrected chi connectivity index (χ0v) is 12.1. The van der Waals surface area contributed by atoms with Crippen LogP contribution in [0.5, 0.6) is 11.5 Å². The Morgan fingerprint density at radius 1 is 1.05 bits per heavy atom. The summed E-state index contributed by atoms with van der Waals surface area (Å²) in [7, 11) is 2.94. The van der Waals surface area contributed by atoms with Crippen LogP contribution in [0.25, 0.3) is 0 Å². The maximum absolute atomic E-state index is 14.2. The highest BCUT2D eigenvalue weighted by atomic mass is 19.1. The monoisotopic (exact) mass is 293 g/mol. The van der Waals surface area contributed by atoms with E-state index in [1.807, 2.05) is 0 Å². The number of ether oxygens (including phenoxy) is 2. The summed E-state index contributed by atoms with van der Waals surface area (Å²) in [5, 5.41) is 0. The van der Waals surface area contributed by atoms with E-state index in [-0.39, 0.29) is 5.56 Å². The molecule has 0 heterocycles. The number of aryl methyl sites for hydroxylation is 1. The summed E-state index contributed by atoms with van der Waals surface area (Å²) in [4.78, 5) is 0. The molecule has 2 aromatic carbocycles. The van der Waals surface area contributed by atoms with Gasteiger partial charge in [0.2, 0.25) is 0 Å². The van der Waals surface area contributed by atoms with Crippen LogP contribution in [-0.2, 0) is 0 Å². The highest BCUT2D eigenvalue weighted by molar-refractivity contribution is 5.51. The Morgan fingerprint density at radius 3 is 2.38 bits per heavy atom. The second-order valence-electron chi connectivity index (χ2n) is 4.65. The molecule has 0 aliphatic rings. The molecular weight excluding hydrogens is 276 g/mol. The van der Waals surface area contributed by atoms with E-state index in [4.69, 9.17) is 15.2 Å². The largest absolute Gasteiger partial charge is 0.493 e. The minimum absolute atomic E-state index is 0.179. The van der Waals surface area contributed by atoms with Crippen molar-refractivity contribution >= 4 is 0 Å². The predicted octanol–water partition coefficient (Wildman–Crippen LogP) is 3.34. The maximum atomic E-state index is 14.2. The van der Waals surface area contributed by atoms with Crippen LogP contribution in [0.4, 0.5) is 8.78 Å². The molecule has 21 heavy (non-hydrogen) atoms. The number of hydrogen-bond acceptors (Lipinski definition) is 3. The maximum Gasteiger partial charge on any atom is 0.165 e. The fourth-order valence-electron chi connectivity index (χ4n) is 2.28. The van der Waals surface area contributed by atoms with Gasteiger partial charge in [-0.05, 0) is 24.6 Å². The first-order valence-corrected chi connectivity index (χ1v) is 6.42. The zero-order valence-electron chi connectivity index (χ0n) is 12.1. The van der Waals surface area contributed by atoms with Crippen LogP contribution in [0.2, 0.25) is 0 Å². The van der Waals surface area contributed by atoms with Crippen molar-refractivity contribution in [2.24, 2.45) is 5.73 Å². The number of para-hydroxylation sites is 1. The minimum atomic E-state index is -0.991. The number of halogens is 2. The summed E-state index contributed by atoms with van der Waals surface area (Å²) >= 11 is 0. The van der Waals surface area contributed by atoms with Gasteiger partial charge in [-0.25, -0.2) is 8.78 Å². The highest BCUT2D eigenvalue weighted by Gasteiger charge is 2.24. The molecular formula is C16H17F2NO2. The van der Waals surface area contributed by atoms with Crippen molar-refractivity contribution in [2.45, 2.75) is 13.0 Å². The SMILES string of the molecule is COc1cccc(C(N)c2c(F)ccc(C)c2F)c1OC. The molecule has 2 N–H and O–H groups in total. The molecule has 0 aliphatic heterocycles. The predicted molar refractivity (Wildman–Crippen MR) is 76.7 cm³/mol. The van der Waals surface area contributed by atoms with E-state index in [9.17, 15) is 8.78 Å². The normalized spacial score (nSPS) is 12.1. The summed E-state index contributed by atoms with van der Waals surface area (Å²) in [6.45, 7) is 1.56. The second-order valence-corrected chi connectivity index (χ2v) is 4.65. The molecule has 5 heteroatoms. The fourth-order valence-corrected chi connectivity index (χ4v) is 2.28. The molecule has 0 bridgehead atoms. The van der Waals surface area contributed by atoms with Gasteiger partial charge < -0.3 is 15.2 Å². The fraction of sp³-hybridized carbons (Fsp3) is 0.250. The lowest BCUT2D eigenvalue weighted by Crippen LogP contribution is -2.17. The van der Waals surface area contributed by atoms with Crippen molar-refractivity contribution in [3.8, 4) is 11.5 Å². The van der Waals surface area contributed by atoms with E-state index in [1.165, 1.54) is 26.4 Å². The first-order chi connectivity index (χ1) is 10.0. The summed E-state index contributed by atoms with van der Waals surface area (Å²) in [5.41, 5.74) is 6.69. The van der Waals surface area contributed by atoms with Gasteiger partial charge in [0.05, 0.1) is 20.3 Å². The topological polar surface area (TPSA) is 44.5 Å². The molecule has 0 radical (unpaired) electrons. The van der Waals surface area contributed by atoms with Gasteiger partial charge in [0.1, 0.15) is 11.6 Å². The van der Waals surface area contributed by atoms with Crippen LogP contribution in [-0.4, -0.2) is 14.2 Å². The van der Waals surface area contributed by atoms with E-state index in [2.05, 4.69) is 0 Å². The lowest BCUT2D eigenvalue weighted by atomic mass is 9.96. The minimum Gasteiger partial charge on any atom is -0.493 e. The molecule has 1 unspecified atom stereocenters. The van der Waals surface area contributed by atoms with Gasteiger partial charge in [-0.2, -0.15) is 0 Å². The smallest absolute Gasteiger partial charge is 0.165 e. The average Bonchev–Trinajstić information content (AvgIpc) is 2.50. The second kappa shape index (κ2) is 6.10. The van der Waals surface area contributed by atoms with Gasteiger partial charge in [-0.3, -0.25) is 0 Å². The first kappa shape index (κ1) is 15.3. The van der Waals surface area contributed by atoms with E-state index < -0.39 is 17.7 Å². The molecule has 112 valence electrons. The van der Waals surface area contributed by atoms with Gasteiger partial charge in [0.25, 0.3) is 0 Å². The van der Waals surface area contributed by atoms with Gasteiger partial charge in [-0.1, -0.05) is 18.2 Å². The van der Waals surface area contributed by atoms with Crippen LogP contribution in [0.1, 0.15) is 22.7 Å². The lowest BCUT2D eigenvalue weighted by molar-refractivity contribution is 0.350. The quantitative estimate of drug-likeness (QED) is 0.940. The molecule has 0 aliphatic carbocycles. The lowest BCUT2D eigenvalue weighted by Gasteiger charge is -2.19. The highest BCUT2D eigenvalue weighted by Crippen LogP contribution is 2.37. The Morgan fingerprint density at radius 2 is 1.76 bits per heavy atom. The van der Waals surface area contributed by atoms with E-state index in [0.29, 0.717) is 22.6 Å². The Labute approximate surface area is 122 Å². The molecule has 0 saturated carbocycles. The average molecular weight is 293 g/mol. The number of benzene rings is 2.